The van der Waals surface area contributed by atoms with Crippen molar-refractivity contribution in [3.63, 3.8) is 0 Å². The Morgan fingerprint density at radius 1 is 1.23 bits per heavy atom. The molecule has 78 valence electrons. The molecule has 0 aliphatic heterocycles. The molecule has 1 unspecified atom stereocenters. The third-order valence-electron chi connectivity index (χ3n) is 1.88. The summed E-state index contributed by atoms with van der Waals surface area (Å²) in [6.45, 7) is 4.28. The first-order valence-corrected chi connectivity index (χ1v) is 4.47. The quantitative estimate of drug-likeness (QED) is 0.486. The van der Waals surface area contributed by atoms with Gasteiger partial charge in [-0.25, -0.2) is 5.84 Å². The van der Waals surface area contributed by atoms with Gasteiger partial charge in [-0.2, -0.15) is 0 Å². The summed E-state index contributed by atoms with van der Waals surface area (Å²) in [5.74, 6) is 5.97. The van der Waals surface area contributed by atoms with Crippen LogP contribution < -0.4 is 11.6 Å². The maximum Gasteiger partial charge on any atom is 0.0526 e. The number of nitrogens with two attached hydrogens (primary N) is 2. The Balaban J connectivity index is 4.55. The van der Waals surface area contributed by atoms with Gasteiger partial charge in [0.25, 0.3) is 0 Å². The van der Waals surface area contributed by atoms with Crippen LogP contribution in [0, 0.1) is 5.92 Å². The Morgan fingerprint density at radius 2 is 1.69 bits per heavy atom. The molecule has 0 heterocycles. The van der Waals surface area contributed by atoms with Gasteiger partial charge in [-0.15, -0.1) is 0 Å². The van der Waals surface area contributed by atoms with Crippen LogP contribution in [0.3, 0.4) is 0 Å². The predicted molar refractivity (Wildman–Crippen MR) is 56.5 cm³/mol. The van der Waals surface area contributed by atoms with Crippen LogP contribution in [0.1, 0.15) is 13.8 Å². The Morgan fingerprint density at radius 3 is 1.92 bits per heavy atom. The number of hydrogen-bond acceptors (Lipinski definition) is 4. The molecule has 0 aromatic carbocycles. The smallest absolute Gasteiger partial charge is 0.0526 e. The molecule has 4 heteroatoms. The molecule has 0 aromatic heterocycles. The van der Waals surface area contributed by atoms with Crippen LogP contribution in [0.4, 0.5) is 0 Å². The molecule has 13 heavy (non-hydrogen) atoms. The van der Waals surface area contributed by atoms with Gasteiger partial charge in [-0.05, 0) is 20.0 Å². The van der Waals surface area contributed by atoms with Crippen molar-refractivity contribution < 1.29 is 0 Å². The van der Waals surface area contributed by atoms with Crippen molar-refractivity contribution in [2.24, 2.45) is 17.5 Å². The summed E-state index contributed by atoms with van der Waals surface area (Å²) in [6.07, 6.45) is 1.75. The zero-order valence-electron chi connectivity index (χ0n) is 9.28. The van der Waals surface area contributed by atoms with Gasteiger partial charge in [0.1, 0.15) is 0 Å². The molecule has 0 amide bonds. The molecule has 0 aliphatic carbocycles. The average Bonchev–Trinajstić information content (AvgIpc) is 1.81. The van der Waals surface area contributed by atoms with Gasteiger partial charge in [-0.1, -0.05) is 13.8 Å². The van der Waals surface area contributed by atoms with Crippen molar-refractivity contribution in [1.82, 2.24) is 9.91 Å². The van der Waals surface area contributed by atoms with Crippen LogP contribution in [0.25, 0.3) is 0 Å². The highest BCUT2D eigenvalue weighted by molar-refractivity contribution is 5.06. The molecular weight excluding hydrogens is 164 g/mol. The van der Waals surface area contributed by atoms with Gasteiger partial charge in [0.05, 0.1) is 6.04 Å². The fraction of sp³-hybridized carbons (Fsp3) is 0.778. The highest BCUT2D eigenvalue weighted by Gasteiger charge is 2.18. The highest BCUT2D eigenvalue weighted by atomic mass is 15.4. The number of hydrazine groups is 1. The first-order valence-electron chi connectivity index (χ1n) is 4.47. The van der Waals surface area contributed by atoms with Gasteiger partial charge in [0.2, 0.25) is 0 Å². The molecule has 0 saturated heterocycles. The lowest BCUT2D eigenvalue weighted by Crippen LogP contribution is -2.39. The third kappa shape index (κ3) is 4.15. The Labute approximate surface area is 81.1 Å². The largest absolute Gasteiger partial charge is 0.400 e. The SMILES string of the molecule is CC(C)C(/C(N)=C/N(C)N)N(C)C. The monoisotopic (exact) mass is 186 g/mol. The van der Waals surface area contributed by atoms with E-state index >= 15 is 0 Å². The normalized spacial score (nSPS) is 15.2. The lowest BCUT2D eigenvalue weighted by atomic mass is 10.0. The molecule has 0 fully saturated rings. The molecule has 4 nitrogen and oxygen atoms in total. The van der Waals surface area contributed by atoms with Crippen molar-refractivity contribution in [3.8, 4) is 0 Å². The van der Waals surface area contributed by atoms with Crippen LogP contribution in [0.5, 0.6) is 0 Å². The number of rotatable bonds is 4. The van der Waals surface area contributed by atoms with Gasteiger partial charge >= 0.3 is 0 Å². The fourth-order valence-electron chi connectivity index (χ4n) is 1.59. The fourth-order valence-corrected chi connectivity index (χ4v) is 1.59. The van der Waals surface area contributed by atoms with Crippen LogP contribution in [0.15, 0.2) is 11.9 Å². The van der Waals surface area contributed by atoms with Crippen LogP contribution in [-0.4, -0.2) is 37.1 Å². The number of hydrogen-bond donors (Lipinski definition) is 2. The van der Waals surface area contributed by atoms with Crippen LogP contribution in [0.2, 0.25) is 0 Å². The van der Waals surface area contributed by atoms with E-state index in [0.29, 0.717) is 5.92 Å². The van der Waals surface area contributed by atoms with Crippen LogP contribution in [-0.2, 0) is 0 Å². The van der Waals surface area contributed by atoms with E-state index in [0.717, 1.165) is 5.70 Å². The number of likely N-dealkylation sites (N-methyl/N-ethyl adjacent to an activating group) is 1. The van der Waals surface area contributed by atoms with E-state index in [-0.39, 0.29) is 6.04 Å². The second kappa shape index (κ2) is 5.09. The lowest BCUT2D eigenvalue weighted by Gasteiger charge is -2.28. The van der Waals surface area contributed by atoms with E-state index in [9.17, 15) is 0 Å². The Hall–Kier alpha value is -0.740. The van der Waals surface area contributed by atoms with E-state index in [1.807, 2.05) is 14.1 Å². The summed E-state index contributed by atoms with van der Waals surface area (Å²) < 4.78 is 0. The van der Waals surface area contributed by atoms with Crippen molar-refractivity contribution >= 4 is 0 Å². The standard InChI is InChI=1S/C9H22N4/c1-7(2)9(12(3)4)8(10)6-13(5)11/h6-7,9H,10-11H2,1-5H3/b8-6-. The predicted octanol–water partition coefficient (Wildman–Crippen LogP) is 0.178. The van der Waals surface area contributed by atoms with E-state index in [1.165, 1.54) is 5.01 Å². The van der Waals surface area contributed by atoms with Crippen molar-refractivity contribution in [2.45, 2.75) is 19.9 Å². The summed E-state index contributed by atoms with van der Waals surface area (Å²) >= 11 is 0. The van der Waals surface area contributed by atoms with Crippen molar-refractivity contribution in [2.75, 3.05) is 21.1 Å². The van der Waals surface area contributed by atoms with Crippen LogP contribution >= 0.6 is 0 Å². The minimum atomic E-state index is 0.242. The molecule has 4 N–H and O–H groups in total. The summed E-state index contributed by atoms with van der Waals surface area (Å²) in [7, 11) is 5.80. The lowest BCUT2D eigenvalue weighted by molar-refractivity contribution is 0.261. The van der Waals surface area contributed by atoms with E-state index < -0.39 is 0 Å². The molecule has 0 spiro atoms. The molecule has 0 rings (SSSR count). The first-order chi connectivity index (χ1) is 5.86. The second-order valence-corrected chi connectivity index (χ2v) is 3.95. The third-order valence-corrected chi connectivity index (χ3v) is 1.88. The minimum absolute atomic E-state index is 0.242. The minimum Gasteiger partial charge on any atom is -0.400 e. The highest BCUT2D eigenvalue weighted by Crippen LogP contribution is 2.12. The molecule has 1 atom stereocenters. The average molecular weight is 186 g/mol. The molecule has 0 saturated carbocycles. The summed E-state index contributed by atoms with van der Waals surface area (Å²) in [4.78, 5) is 2.10. The number of nitrogens with zero attached hydrogens (tertiary/aromatic N) is 2. The zero-order chi connectivity index (χ0) is 10.6. The summed E-state index contributed by atoms with van der Waals surface area (Å²) in [5, 5.41) is 1.48. The van der Waals surface area contributed by atoms with E-state index in [4.69, 9.17) is 11.6 Å². The Kier molecular flexibility index (Phi) is 4.80. The summed E-state index contributed by atoms with van der Waals surface area (Å²) in [6, 6.07) is 0.242. The molecule has 0 radical (unpaired) electrons. The van der Waals surface area contributed by atoms with Gasteiger partial charge in [0, 0.05) is 18.9 Å². The second-order valence-electron chi connectivity index (χ2n) is 3.95. The van der Waals surface area contributed by atoms with E-state index in [2.05, 4.69) is 18.7 Å². The van der Waals surface area contributed by atoms with Crippen molar-refractivity contribution in [3.05, 3.63) is 11.9 Å². The van der Waals surface area contributed by atoms with Gasteiger partial charge in [-0.3, -0.25) is 0 Å². The van der Waals surface area contributed by atoms with Gasteiger partial charge < -0.3 is 15.6 Å². The maximum absolute atomic E-state index is 5.92. The Bertz CT molecular complexity index is 164. The molecule has 0 bridgehead atoms. The first kappa shape index (κ1) is 12.3. The van der Waals surface area contributed by atoms with E-state index in [1.54, 1.807) is 13.2 Å². The zero-order valence-corrected chi connectivity index (χ0v) is 9.28. The van der Waals surface area contributed by atoms with Crippen molar-refractivity contribution in [1.29, 1.82) is 0 Å². The summed E-state index contributed by atoms with van der Waals surface area (Å²) in [5.41, 5.74) is 6.71. The maximum atomic E-state index is 5.92. The topological polar surface area (TPSA) is 58.5 Å². The molecule has 0 aromatic rings. The molecular formula is C9H22N4. The molecule has 0 aliphatic rings. The van der Waals surface area contributed by atoms with Gasteiger partial charge in [0.15, 0.2) is 0 Å².